The molecule has 1 saturated heterocycles. The van der Waals surface area contributed by atoms with E-state index < -0.39 is 17.7 Å². The molecule has 1 heterocycles. The number of carbonyl (C=O) groups excluding carboxylic acids is 1. The molecule has 3 aliphatic rings. The highest BCUT2D eigenvalue weighted by Gasteiger charge is 2.68. The summed E-state index contributed by atoms with van der Waals surface area (Å²) in [4.78, 5) is 12.5. The summed E-state index contributed by atoms with van der Waals surface area (Å²) in [5, 5.41) is 3.29. The second kappa shape index (κ2) is 7.06. The lowest BCUT2D eigenvalue weighted by Gasteiger charge is -2.53. The van der Waals surface area contributed by atoms with Crippen LogP contribution in [-0.2, 0) is 14.3 Å². The maximum Gasteiger partial charge on any atom is 0.222 e. The smallest absolute Gasteiger partial charge is 0.222 e. The molecule has 4 nitrogen and oxygen atoms in total. The highest BCUT2D eigenvalue weighted by molar-refractivity contribution is 5.76. The fraction of sp³-hybridized carbons (Fsp3) is 0.682. The first-order valence-corrected chi connectivity index (χ1v) is 10.1. The minimum Gasteiger partial charge on any atom is -0.384 e. The van der Waals surface area contributed by atoms with Crippen molar-refractivity contribution < 1.29 is 23.0 Å². The number of benzene rings is 1. The zero-order chi connectivity index (χ0) is 20.1. The fourth-order valence-electron chi connectivity index (χ4n) is 6.26. The summed E-state index contributed by atoms with van der Waals surface area (Å²) < 4.78 is 39.0. The van der Waals surface area contributed by atoms with E-state index in [4.69, 9.17) is 9.47 Å². The first-order chi connectivity index (χ1) is 13.3. The molecule has 28 heavy (non-hydrogen) atoms. The van der Waals surface area contributed by atoms with Crippen molar-refractivity contribution in [1.29, 1.82) is 0 Å². The molecule has 4 rings (SSSR count). The van der Waals surface area contributed by atoms with E-state index in [9.17, 15) is 13.6 Å². The van der Waals surface area contributed by atoms with E-state index in [1.165, 1.54) is 12.1 Å². The molecule has 2 saturated carbocycles. The van der Waals surface area contributed by atoms with Gasteiger partial charge in [-0.25, -0.2) is 8.78 Å². The zero-order valence-electron chi connectivity index (χ0n) is 16.8. The number of amides is 1. The Kier molecular flexibility index (Phi) is 4.99. The van der Waals surface area contributed by atoms with Gasteiger partial charge >= 0.3 is 0 Å². The van der Waals surface area contributed by atoms with Crippen LogP contribution in [0.15, 0.2) is 18.2 Å². The lowest BCUT2D eigenvalue weighted by molar-refractivity contribution is -0.138. The Bertz CT molecular complexity index is 768. The van der Waals surface area contributed by atoms with Crippen molar-refractivity contribution in [1.82, 2.24) is 5.32 Å². The zero-order valence-corrected chi connectivity index (χ0v) is 16.8. The van der Waals surface area contributed by atoms with Gasteiger partial charge in [0, 0.05) is 37.8 Å². The molecule has 2 aliphatic carbocycles. The average Bonchev–Trinajstić information content (AvgIpc) is 3.13. The molecule has 1 unspecified atom stereocenters. The Labute approximate surface area is 165 Å². The van der Waals surface area contributed by atoms with Gasteiger partial charge in [-0.05, 0) is 48.0 Å². The molecule has 2 bridgehead atoms. The van der Waals surface area contributed by atoms with Crippen LogP contribution in [0.4, 0.5) is 8.78 Å². The number of methoxy groups -OCH3 is 1. The van der Waals surface area contributed by atoms with E-state index in [-0.39, 0.29) is 28.7 Å². The molecule has 1 spiro atoms. The summed E-state index contributed by atoms with van der Waals surface area (Å²) in [7, 11) is 1.59. The Morgan fingerprint density at radius 2 is 2.14 bits per heavy atom. The number of carbonyl (C=O) groups is 1. The lowest BCUT2D eigenvalue weighted by Crippen LogP contribution is -2.59. The molecule has 3 fully saturated rings. The lowest BCUT2D eigenvalue weighted by atomic mass is 9.58. The molecular formula is C22H29F2NO3. The van der Waals surface area contributed by atoms with E-state index in [1.807, 2.05) is 0 Å². The van der Waals surface area contributed by atoms with E-state index >= 15 is 0 Å². The van der Waals surface area contributed by atoms with Gasteiger partial charge < -0.3 is 14.8 Å². The number of nitrogens with one attached hydrogen (secondary N) is 1. The largest absolute Gasteiger partial charge is 0.384 e. The van der Waals surface area contributed by atoms with Crippen LogP contribution in [0.3, 0.4) is 0 Å². The number of rotatable bonds is 5. The van der Waals surface area contributed by atoms with Crippen molar-refractivity contribution in [3.8, 4) is 0 Å². The number of ether oxygens (including phenoxy) is 2. The maximum atomic E-state index is 14.5. The van der Waals surface area contributed by atoms with Crippen molar-refractivity contribution in [3.63, 3.8) is 0 Å². The van der Waals surface area contributed by atoms with Crippen LogP contribution >= 0.6 is 0 Å². The summed E-state index contributed by atoms with van der Waals surface area (Å²) in [6.45, 7) is 5.37. The maximum absolute atomic E-state index is 14.5. The standard InChI is InChI=1S/C22H29F2NO3/c1-21(2)13-10-16-19(15-5-4-14(23)11-17(15)24)28-9-7-22(16,12-13)20(21)25-18(26)6-8-27-3/h4-5,11,13,16,19-20H,6-10,12H2,1-3H3,(H,25,26)/t13-,16-,19-,20+,22?/m1/s1. The Balaban J connectivity index is 1.65. The van der Waals surface area contributed by atoms with Gasteiger partial charge in [0.2, 0.25) is 5.91 Å². The van der Waals surface area contributed by atoms with Gasteiger partial charge in [-0.15, -0.1) is 0 Å². The van der Waals surface area contributed by atoms with Gasteiger partial charge in [-0.1, -0.05) is 19.9 Å². The topological polar surface area (TPSA) is 47.6 Å². The van der Waals surface area contributed by atoms with Crippen LogP contribution in [0.25, 0.3) is 0 Å². The second-order valence-corrected chi connectivity index (χ2v) is 9.25. The van der Waals surface area contributed by atoms with E-state index in [1.54, 1.807) is 7.11 Å². The summed E-state index contributed by atoms with van der Waals surface area (Å²) in [5.74, 6) is -0.574. The highest BCUT2D eigenvalue weighted by Crippen LogP contribution is 2.70. The van der Waals surface area contributed by atoms with Gasteiger partial charge in [0.15, 0.2) is 0 Å². The van der Waals surface area contributed by atoms with Crippen molar-refractivity contribution in [3.05, 3.63) is 35.4 Å². The van der Waals surface area contributed by atoms with Crippen molar-refractivity contribution in [2.24, 2.45) is 22.7 Å². The van der Waals surface area contributed by atoms with Crippen LogP contribution < -0.4 is 5.32 Å². The molecule has 0 radical (unpaired) electrons. The van der Waals surface area contributed by atoms with Gasteiger partial charge in [-0.2, -0.15) is 0 Å². The molecule has 1 aliphatic heterocycles. The predicted octanol–water partition coefficient (Wildman–Crippen LogP) is 4.00. The van der Waals surface area contributed by atoms with Crippen LogP contribution in [0, 0.1) is 34.3 Å². The van der Waals surface area contributed by atoms with E-state index in [2.05, 4.69) is 19.2 Å². The second-order valence-electron chi connectivity index (χ2n) is 9.25. The van der Waals surface area contributed by atoms with Crippen LogP contribution in [0.1, 0.15) is 51.2 Å². The molecule has 0 aromatic heterocycles. The van der Waals surface area contributed by atoms with Gasteiger partial charge in [-0.3, -0.25) is 4.79 Å². The minimum absolute atomic E-state index is 0.00314. The third kappa shape index (κ3) is 2.96. The SMILES string of the molecule is COCCC(=O)N[C@H]1C(C)(C)[C@@H]2C[C@@H]3[C@@H](c4ccc(F)cc4F)OCCC31C2. The van der Waals surface area contributed by atoms with Crippen LogP contribution in [0.2, 0.25) is 0 Å². The summed E-state index contributed by atoms with van der Waals surface area (Å²) in [6.07, 6.45) is 2.75. The molecular weight excluding hydrogens is 364 g/mol. The van der Waals surface area contributed by atoms with Crippen molar-refractivity contribution >= 4 is 5.91 Å². The van der Waals surface area contributed by atoms with E-state index in [0.29, 0.717) is 31.1 Å². The third-order valence-corrected chi connectivity index (χ3v) is 7.61. The molecule has 1 N–H and O–H groups in total. The van der Waals surface area contributed by atoms with Gasteiger partial charge in [0.05, 0.1) is 12.7 Å². The molecule has 6 heteroatoms. The molecule has 154 valence electrons. The number of halogens is 2. The molecule has 1 aromatic carbocycles. The number of hydrogen-bond acceptors (Lipinski definition) is 3. The minimum atomic E-state index is -0.580. The Morgan fingerprint density at radius 1 is 1.36 bits per heavy atom. The summed E-state index contributed by atoms with van der Waals surface area (Å²) in [5.41, 5.74) is 0.295. The third-order valence-electron chi connectivity index (χ3n) is 7.61. The van der Waals surface area contributed by atoms with Crippen molar-refractivity contribution in [2.75, 3.05) is 20.3 Å². The Hall–Kier alpha value is -1.53. The first kappa shape index (κ1) is 19.8. The molecule has 1 aromatic rings. The normalized spacial score (nSPS) is 35.6. The summed E-state index contributed by atoms with van der Waals surface area (Å²) in [6, 6.07) is 3.76. The number of fused-ring (bicyclic) bond motifs is 1. The number of hydrogen-bond donors (Lipinski definition) is 1. The average molecular weight is 393 g/mol. The first-order valence-electron chi connectivity index (χ1n) is 10.1. The Morgan fingerprint density at radius 3 is 2.86 bits per heavy atom. The molecule has 1 amide bonds. The van der Waals surface area contributed by atoms with Crippen LogP contribution in [-0.4, -0.2) is 32.3 Å². The van der Waals surface area contributed by atoms with Crippen molar-refractivity contribution in [2.45, 2.75) is 51.7 Å². The fourth-order valence-corrected chi connectivity index (χ4v) is 6.26. The van der Waals surface area contributed by atoms with Gasteiger partial charge in [0.25, 0.3) is 0 Å². The van der Waals surface area contributed by atoms with E-state index in [0.717, 1.165) is 25.3 Å². The van der Waals surface area contributed by atoms with Gasteiger partial charge in [0.1, 0.15) is 11.6 Å². The monoisotopic (exact) mass is 393 g/mol. The predicted molar refractivity (Wildman–Crippen MR) is 101 cm³/mol. The quantitative estimate of drug-likeness (QED) is 0.823. The summed E-state index contributed by atoms with van der Waals surface area (Å²) >= 11 is 0. The molecule has 5 atom stereocenters. The van der Waals surface area contributed by atoms with Crippen LogP contribution in [0.5, 0.6) is 0 Å². The highest BCUT2D eigenvalue weighted by atomic mass is 19.1.